The van der Waals surface area contributed by atoms with Crippen molar-refractivity contribution in [1.29, 1.82) is 0 Å². The Kier molecular flexibility index (Phi) is 4.63. The molecular formula is C19H22N2O2. The Morgan fingerprint density at radius 3 is 2.57 bits per heavy atom. The number of aliphatic hydroxyl groups is 1. The molecule has 1 atom stereocenters. The lowest BCUT2D eigenvalue weighted by molar-refractivity contribution is 0.185. The summed E-state index contributed by atoms with van der Waals surface area (Å²) in [6.07, 6.45) is 0.398. The summed E-state index contributed by atoms with van der Waals surface area (Å²) < 4.78 is 7.69. The maximum Gasteiger partial charge on any atom is 0.138 e. The fourth-order valence-electron chi connectivity index (χ4n) is 2.67. The van der Waals surface area contributed by atoms with Crippen molar-refractivity contribution in [3.8, 4) is 5.75 Å². The molecule has 0 aliphatic heterocycles. The Labute approximate surface area is 136 Å². The van der Waals surface area contributed by atoms with Gasteiger partial charge < -0.3 is 14.4 Å². The number of ether oxygens (including phenoxy) is 1. The second-order valence-corrected chi connectivity index (χ2v) is 5.71. The Morgan fingerprint density at radius 1 is 1.13 bits per heavy atom. The molecule has 1 heterocycles. The molecule has 0 radical (unpaired) electrons. The minimum absolute atomic E-state index is 0.602. The normalized spacial score (nSPS) is 12.5. The first-order valence-electron chi connectivity index (χ1n) is 8.04. The zero-order chi connectivity index (χ0) is 16.2. The predicted octanol–water partition coefficient (Wildman–Crippen LogP) is 3.93. The molecule has 4 nitrogen and oxygen atoms in total. The number of benzene rings is 2. The lowest BCUT2D eigenvalue weighted by Crippen LogP contribution is -2.08. The van der Waals surface area contributed by atoms with E-state index in [9.17, 15) is 5.11 Å². The Morgan fingerprint density at radius 2 is 1.87 bits per heavy atom. The fraction of sp³-hybridized carbons (Fsp3) is 0.316. The van der Waals surface area contributed by atoms with Gasteiger partial charge in [-0.3, -0.25) is 0 Å². The van der Waals surface area contributed by atoms with Crippen LogP contribution in [-0.2, 0) is 6.54 Å². The summed E-state index contributed by atoms with van der Waals surface area (Å²) in [7, 11) is 0. The standard InChI is InChI=1S/C19H22N2O2/c1-3-12-23-16-10-8-15(9-11-16)13-21-18-7-5-4-6-17(18)20-19(21)14(2)22/h4-11,14,22H,3,12-13H2,1-2H3. The van der Waals surface area contributed by atoms with Crippen LogP contribution in [0.25, 0.3) is 11.0 Å². The molecule has 0 aliphatic carbocycles. The third kappa shape index (κ3) is 3.37. The highest BCUT2D eigenvalue weighted by atomic mass is 16.5. The van der Waals surface area contributed by atoms with E-state index in [0.717, 1.165) is 35.4 Å². The lowest BCUT2D eigenvalue weighted by Gasteiger charge is -2.12. The van der Waals surface area contributed by atoms with Gasteiger partial charge in [-0.2, -0.15) is 0 Å². The Balaban J connectivity index is 1.90. The van der Waals surface area contributed by atoms with Gasteiger partial charge in [-0.25, -0.2) is 4.98 Å². The third-order valence-corrected chi connectivity index (χ3v) is 3.79. The van der Waals surface area contributed by atoms with E-state index in [-0.39, 0.29) is 0 Å². The molecule has 3 aromatic rings. The molecule has 23 heavy (non-hydrogen) atoms. The predicted molar refractivity (Wildman–Crippen MR) is 91.7 cm³/mol. The van der Waals surface area contributed by atoms with E-state index in [2.05, 4.69) is 28.6 Å². The van der Waals surface area contributed by atoms with Gasteiger partial charge in [0.2, 0.25) is 0 Å². The molecule has 0 spiro atoms. The van der Waals surface area contributed by atoms with Gasteiger partial charge in [0.25, 0.3) is 0 Å². The number of hydrogen-bond acceptors (Lipinski definition) is 3. The summed E-state index contributed by atoms with van der Waals surface area (Å²) in [5.41, 5.74) is 3.10. The van der Waals surface area contributed by atoms with Gasteiger partial charge in [0.05, 0.1) is 17.6 Å². The van der Waals surface area contributed by atoms with Crippen molar-refractivity contribution in [1.82, 2.24) is 9.55 Å². The summed E-state index contributed by atoms with van der Waals surface area (Å²) in [6.45, 7) is 5.25. The first-order valence-corrected chi connectivity index (χ1v) is 8.04. The lowest BCUT2D eigenvalue weighted by atomic mass is 10.2. The zero-order valence-corrected chi connectivity index (χ0v) is 13.6. The molecular weight excluding hydrogens is 288 g/mol. The van der Waals surface area contributed by atoms with Crippen LogP contribution in [0.4, 0.5) is 0 Å². The molecule has 1 aromatic heterocycles. The van der Waals surface area contributed by atoms with E-state index >= 15 is 0 Å². The first kappa shape index (κ1) is 15.6. The van der Waals surface area contributed by atoms with Crippen molar-refractivity contribution in [2.75, 3.05) is 6.61 Å². The first-order chi connectivity index (χ1) is 11.2. The Bertz CT molecular complexity index is 776. The summed E-state index contributed by atoms with van der Waals surface area (Å²) >= 11 is 0. The van der Waals surface area contributed by atoms with Crippen LogP contribution in [-0.4, -0.2) is 21.3 Å². The monoisotopic (exact) mass is 310 g/mol. The number of nitrogens with zero attached hydrogens (tertiary/aromatic N) is 2. The van der Waals surface area contributed by atoms with Crippen LogP contribution in [0.3, 0.4) is 0 Å². The van der Waals surface area contributed by atoms with E-state index < -0.39 is 6.10 Å². The van der Waals surface area contributed by atoms with E-state index in [1.165, 1.54) is 0 Å². The van der Waals surface area contributed by atoms with Crippen LogP contribution in [0.15, 0.2) is 48.5 Å². The number of rotatable bonds is 6. The van der Waals surface area contributed by atoms with Crippen LogP contribution in [0.5, 0.6) is 5.75 Å². The number of para-hydroxylation sites is 2. The Hall–Kier alpha value is -2.33. The van der Waals surface area contributed by atoms with Gasteiger partial charge in [0, 0.05) is 6.54 Å². The van der Waals surface area contributed by atoms with Crippen molar-refractivity contribution < 1.29 is 9.84 Å². The smallest absolute Gasteiger partial charge is 0.138 e. The maximum absolute atomic E-state index is 10.0. The van der Waals surface area contributed by atoms with Crippen LogP contribution < -0.4 is 4.74 Å². The number of aliphatic hydroxyl groups excluding tert-OH is 1. The third-order valence-electron chi connectivity index (χ3n) is 3.79. The second kappa shape index (κ2) is 6.84. The summed E-state index contributed by atoms with van der Waals surface area (Å²) in [5, 5.41) is 10.0. The second-order valence-electron chi connectivity index (χ2n) is 5.71. The van der Waals surface area contributed by atoms with Gasteiger partial charge in [0.15, 0.2) is 0 Å². The van der Waals surface area contributed by atoms with Gasteiger partial charge in [-0.05, 0) is 43.2 Å². The van der Waals surface area contributed by atoms with Crippen LogP contribution in [0.1, 0.15) is 37.8 Å². The van der Waals surface area contributed by atoms with E-state index in [4.69, 9.17) is 4.74 Å². The number of hydrogen-bond donors (Lipinski definition) is 1. The van der Waals surface area contributed by atoms with Crippen molar-refractivity contribution in [2.24, 2.45) is 0 Å². The van der Waals surface area contributed by atoms with Crippen LogP contribution >= 0.6 is 0 Å². The highest BCUT2D eigenvalue weighted by molar-refractivity contribution is 5.76. The topological polar surface area (TPSA) is 47.3 Å². The average molecular weight is 310 g/mol. The fourth-order valence-corrected chi connectivity index (χ4v) is 2.67. The molecule has 1 unspecified atom stereocenters. The van der Waals surface area contributed by atoms with Crippen LogP contribution in [0.2, 0.25) is 0 Å². The van der Waals surface area contributed by atoms with Gasteiger partial charge in [-0.15, -0.1) is 0 Å². The van der Waals surface area contributed by atoms with Gasteiger partial charge in [-0.1, -0.05) is 31.2 Å². The number of aromatic nitrogens is 2. The molecule has 2 aromatic carbocycles. The summed E-state index contributed by atoms with van der Waals surface area (Å²) in [6, 6.07) is 16.1. The largest absolute Gasteiger partial charge is 0.494 e. The minimum Gasteiger partial charge on any atom is -0.494 e. The maximum atomic E-state index is 10.0. The minimum atomic E-state index is -0.602. The summed E-state index contributed by atoms with van der Waals surface area (Å²) in [5.74, 6) is 1.58. The SMILES string of the molecule is CCCOc1ccc(Cn2c(C(C)O)nc3ccccc32)cc1. The highest BCUT2D eigenvalue weighted by Crippen LogP contribution is 2.22. The molecule has 3 rings (SSSR count). The molecule has 0 aliphatic rings. The van der Waals surface area contributed by atoms with Gasteiger partial charge >= 0.3 is 0 Å². The van der Waals surface area contributed by atoms with E-state index in [1.54, 1.807) is 6.92 Å². The molecule has 4 heteroatoms. The van der Waals surface area contributed by atoms with E-state index in [1.807, 2.05) is 36.4 Å². The number of fused-ring (bicyclic) bond motifs is 1. The molecule has 0 bridgehead atoms. The highest BCUT2D eigenvalue weighted by Gasteiger charge is 2.14. The van der Waals surface area contributed by atoms with Crippen molar-refractivity contribution in [3.05, 3.63) is 59.9 Å². The molecule has 0 saturated carbocycles. The van der Waals surface area contributed by atoms with Crippen molar-refractivity contribution in [2.45, 2.75) is 32.9 Å². The number of imidazole rings is 1. The molecule has 0 fully saturated rings. The van der Waals surface area contributed by atoms with Gasteiger partial charge in [0.1, 0.15) is 17.7 Å². The van der Waals surface area contributed by atoms with Crippen LogP contribution in [0, 0.1) is 0 Å². The summed E-state index contributed by atoms with van der Waals surface area (Å²) in [4.78, 5) is 4.55. The molecule has 1 N–H and O–H groups in total. The molecule has 120 valence electrons. The van der Waals surface area contributed by atoms with Crippen molar-refractivity contribution >= 4 is 11.0 Å². The van der Waals surface area contributed by atoms with Crippen molar-refractivity contribution in [3.63, 3.8) is 0 Å². The average Bonchev–Trinajstić information content (AvgIpc) is 2.93. The zero-order valence-electron chi connectivity index (χ0n) is 13.6. The van der Waals surface area contributed by atoms with E-state index in [0.29, 0.717) is 12.4 Å². The molecule has 0 saturated heterocycles. The molecule has 0 amide bonds. The quantitative estimate of drug-likeness (QED) is 0.750.